The van der Waals surface area contributed by atoms with E-state index in [1.54, 1.807) is 0 Å². The molecular weight excluding hydrogens is 304 g/mol. The molecule has 0 saturated carbocycles. The number of rotatable bonds is 4. The summed E-state index contributed by atoms with van der Waals surface area (Å²) in [7, 11) is 0. The lowest BCUT2D eigenvalue weighted by Gasteiger charge is -2.14. The number of nitrogens with one attached hydrogen (secondary N) is 2. The van der Waals surface area contributed by atoms with Gasteiger partial charge in [0.15, 0.2) is 11.5 Å². The Kier molecular flexibility index (Phi) is 4.37. The fourth-order valence-corrected chi connectivity index (χ4v) is 2.74. The van der Waals surface area contributed by atoms with E-state index in [4.69, 9.17) is 0 Å². The smallest absolute Gasteiger partial charge is 0.275 e. The molecule has 24 heavy (non-hydrogen) atoms. The molecule has 3 aromatic rings. The van der Waals surface area contributed by atoms with Crippen LogP contribution >= 0.6 is 0 Å². The van der Waals surface area contributed by atoms with Gasteiger partial charge in [-0.1, -0.05) is 49.4 Å². The molecule has 0 aliphatic rings. The van der Waals surface area contributed by atoms with E-state index in [9.17, 15) is 9.59 Å². The summed E-state index contributed by atoms with van der Waals surface area (Å²) in [5.41, 5.74) is 0.696. The van der Waals surface area contributed by atoms with E-state index in [1.165, 1.54) is 6.92 Å². The highest BCUT2D eigenvalue weighted by Crippen LogP contribution is 2.25. The van der Waals surface area contributed by atoms with E-state index in [2.05, 4.69) is 20.5 Å². The highest BCUT2D eigenvalue weighted by atomic mass is 16.1. The van der Waals surface area contributed by atoms with Gasteiger partial charge in [0.1, 0.15) is 0 Å². The molecule has 6 nitrogen and oxygen atoms in total. The van der Waals surface area contributed by atoms with Crippen molar-refractivity contribution in [3.63, 3.8) is 0 Å². The number of benzene rings is 2. The first-order chi connectivity index (χ1) is 11.6. The molecule has 1 heterocycles. The molecule has 0 spiro atoms. The van der Waals surface area contributed by atoms with Gasteiger partial charge < -0.3 is 10.3 Å². The summed E-state index contributed by atoms with van der Waals surface area (Å²) < 4.78 is 0. The van der Waals surface area contributed by atoms with Crippen LogP contribution < -0.4 is 10.9 Å². The molecule has 6 heteroatoms. The van der Waals surface area contributed by atoms with Crippen LogP contribution in [0.3, 0.4) is 0 Å². The molecule has 2 aromatic carbocycles. The van der Waals surface area contributed by atoms with Crippen molar-refractivity contribution in [1.82, 2.24) is 20.5 Å². The number of H-pyrrole nitrogens is 1. The lowest BCUT2D eigenvalue weighted by molar-refractivity contribution is -0.119. The fourth-order valence-electron chi connectivity index (χ4n) is 2.74. The Hall–Kier alpha value is -3.02. The third-order valence-electron chi connectivity index (χ3n) is 3.88. The molecule has 3 rings (SSSR count). The Morgan fingerprint density at radius 1 is 1.17 bits per heavy atom. The van der Waals surface area contributed by atoms with Crippen LogP contribution in [0.15, 0.2) is 47.3 Å². The molecule has 0 aliphatic heterocycles. The third-order valence-corrected chi connectivity index (χ3v) is 3.88. The number of hydrogen-bond donors (Lipinski definition) is 2. The molecule has 0 radical (unpaired) electrons. The van der Waals surface area contributed by atoms with Gasteiger partial charge in [-0.15, -0.1) is 10.2 Å². The first-order valence-corrected chi connectivity index (χ1v) is 7.82. The summed E-state index contributed by atoms with van der Waals surface area (Å²) in [5.74, 6) is 0.208. The van der Waals surface area contributed by atoms with Crippen LogP contribution in [0, 0.1) is 0 Å². The van der Waals surface area contributed by atoms with Crippen molar-refractivity contribution in [3.8, 4) is 11.4 Å². The Balaban J connectivity index is 2.06. The Bertz CT molecular complexity index is 944. The Morgan fingerprint density at radius 3 is 2.62 bits per heavy atom. The van der Waals surface area contributed by atoms with E-state index in [0.29, 0.717) is 12.2 Å². The van der Waals surface area contributed by atoms with Gasteiger partial charge in [0, 0.05) is 12.5 Å². The lowest BCUT2D eigenvalue weighted by Crippen LogP contribution is -2.32. The number of hydrogen-bond acceptors (Lipinski definition) is 4. The first-order valence-electron chi connectivity index (χ1n) is 7.82. The minimum Gasteiger partial charge on any atom is -0.348 e. The quantitative estimate of drug-likeness (QED) is 0.773. The predicted octanol–water partition coefficient (Wildman–Crippen LogP) is 2.57. The second-order valence-electron chi connectivity index (χ2n) is 5.58. The zero-order valence-electron chi connectivity index (χ0n) is 13.5. The second kappa shape index (κ2) is 6.62. The first kappa shape index (κ1) is 15.9. The largest absolute Gasteiger partial charge is 0.348 e. The number of carbonyl (C=O) groups excluding carboxylic acids is 1. The molecule has 0 bridgehead atoms. The maximum absolute atomic E-state index is 12.4. The fraction of sp³-hybridized carbons (Fsp3) is 0.222. The monoisotopic (exact) mass is 322 g/mol. The summed E-state index contributed by atoms with van der Waals surface area (Å²) in [4.78, 5) is 26.5. The zero-order valence-corrected chi connectivity index (χ0v) is 13.5. The van der Waals surface area contributed by atoms with Crippen molar-refractivity contribution in [1.29, 1.82) is 0 Å². The van der Waals surface area contributed by atoms with Crippen molar-refractivity contribution in [2.45, 2.75) is 26.3 Å². The summed E-state index contributed by atoms with van der Waals surface area (Å²) in [6.07, 6.45) is 0.560. The van der Waals surface area contributed by atoms with E-state index < -0.39 is 6.04 Å². The minimum atomic E-state index is -0.444. The number of aromatic nitrogens is 3. The Labute approximate surface area is 138 Å². The standard InChI is InChI=1S/C18H18N4O2/c1-3-15(19-11(2)23)16-18(24)20-17(22-21-16)14-10-6-8-12-7-4-5-9-13(12)14/h4-10,15H,3H2,1-2H3,(H,19,23)(H,20,22,24). The number of carbonyl (C=O) groups is 1. The van der Waals surface area contributed by atoms with Crippen LogP contribution in [-0.4, -0.2) is 21.1 Å². The zero-order chi connectivity index (χ0) is 17.1. The normalized spacial score (nSPS) is 12.1. The molecule has 0 fully saturated rings. The number of aromatic amines is 1. The molecule has 1 amide bonds. The molecule has 2 N–H and O–H groups in total. The van der Waals surface area contributed by atoms with E-state index in [-0.39, 0.29) is 17.2 Å². The number of amides is 1. The SMILES string of the molecule is CCC(NC(C)=O)c1nnc(-c2cccc3ccccc23)[nH]c1=O. The van der Waals surface area contributed by atoms with Gasteiger partial charge in [-0.25, -0.2) is 0 Å². The van der Waals surface area contributed by atoms with Gasteiger partial charge in [0.2, 0.25) is 5.91 Å². The molecule has 1 aromatic heterocycles. The van der Waals surface area contributed by atoms with Crippen LogP contribution in [-0.2, 0) is 4.79 Å². The third kappa shape index (κ3) is 3.03. The summed E-state index contributed by atoms with van der Waals surface area (Å²) in [6.45, 7) is 3.29. The number of fused-ring (bicyclic) bond motifs is 1. The maximum atomic E-state index is 12.4. The summed E-state index contributed by atoms with van der Waals surface area (Å²) in [5, 5.41) is 13.0. The van der Waals surface area contributed by atoms with E-state index in [1.807, 2.05) is 49.4 Å². The van der Waals surface area contributed by atoms with Crippen molar-refractivity contribution >= 4 is 16.7 Å². The second-order valence-corrected chi connectivity index (χ2v) is 5.58. The van der Waals surface area contributed by atoms with Crippen LogP contribution in [0.4, 0.5) is 0 Å². The van der Waals surface area contributed by atoms with Crippen LogP contribution in [0.1, 0.15) is 32.0 Å². The molecule has 0 aliphatic carbocycles. The van der Waals surface area contributed by atoms with Crippen LogP contribution in [0.5, 0.6) is 0 Å². The highest BCUT2D eigenvalue weighted by molar-refractivity contribution is 5.94. The van der Waals surface area contributed by atoms with Crippen molar-refractivity contribution < 1.29 is 4.79 Å². The van der Waals surface area contributed by atoms with Gasteiger partial charge in [-0.2, -0.15) is 0 Å². The van der Waals surface area contributed by atoms with Crippen molar-refractivity contribution in [3.05, 3.63) is 58.5 Å². The van der Waals surface area contributed by atoms with Gasteiger partial charge in [0.05, 0.1) is 6.04 Å². The van der Waals surface area contributed by atoms with Gasteiger partial charge >= 0.3 is 0 Å². The van der Waals surface area contributed by atoms with E-state index >= 15 is 0 Å². The number of nitrogens with zero attached hydrogens (tertiary/aromatic N) is 2. The summed E-state index contributed by atoms with van der Waals surface area (Å²) in [6, 6.07) is 13.2. The van der Waals surface area contributed by atoms with Crippen LogP contribution in [0.25, 0.3) is 22.2 Å². The van der Waals surface area contributed by atoms with Crippen molar-refractivity contribution in [2.24, 2.45) is 0 Å². The highest BCUT2D eigenvalue weighted by Gasteiger charge is 2.18. The molecule has 0 saturated heterocycles. The van der Waals surface area contributed by atoms with Crippen LogP contribution in [0.2, 0.25) is 0 Å². The van der Waals surface area contributed by atoms with Gasteiger partial charge in [-0.05, 0) is 17.2 Å². The average molecular weight is 322 g/mol. The van der Waals surface area contributed by atoms with Gasteiger partial charge in [0.25, 0.3) is 5.56 Å². The maximum Gasteiger partial charge on any atom is 0.275 e. The molecular formula is C18H18N4O2. The predicted molar refractivity (Wildman–Crippen MR) is 92.4 cm³/mol. The average Bonchev–Trinajstić information content (AvgIpc) is 2.59. The molecule has 122 valence electrons. The van der Waals surface area contributed by atoms with Gasteiger partial charge in [-0.3, -0.25) is 9.59 Å². The van der Waals surface area contributed by atoms with E-state index in [0.717, 1.165) is 16.3 Å². The minimum absolute atomic E-state index is 0.207. The molecule has 1 atom stereocenters. The molecule has 1 unspecified atom stereocenters. The summed E-state index contributed by atoms with van der Waals surface area (Å²) >= 11 is 0. The topological polar surface area (TPSA) is 87.7 Å². The Morgan fingerprint density at radius 2 is 1.92 bits per heavy atom. The lowest BCUT2D eigenvalue weighted by atomic mass is 10.0. The van der Waals surface area contributed by atoms with Crippen molar-refractivity contribution in [2.75, 3.05) is 0 Å².